The molecule has 0 N–H and O–H groups in total. The zero-order chi connectivity index (χ0) is 48.7. The average molecular weight is 945 g/mol. The van der Waals surface area contributed by atoms with Crippen LogP contribution in [-0.2, 0) is 27.1 Å². The second-order valence-corrected chi connectivity index (χ2v) is 26.5. The minimum Gasteiger partial charge on any atom is -0.454 e. The highest BCUT2D eigenvalue weighted by Gasteiger charge is 2.50. The van der Waals surface area contributed by atoms with E-state index in [1.165, 1.54) is 144 Å². The molecule has 3 nitrogen and oxygen atoms in total. The summed E-state index contributed by atoms with van der Waals surface area (Å²) in [6.45, 7) is 24.3. The van der Waals surface area contributed by atoms with Crippen molar-refractivity contribution in [1.29, 1.82) is 0 Å². The molecule has 4 heterocycles. The third-order valence-corrected chi connectivity index (χ3v) is 19.4. The first-order chi connectivity index (χ1) is 33.9. The Balaban J connectivity index is 1.15. The van der Waals surface area contributed by atoms with Crippen LogP contribution in [0.4, 0.5) is 34.1 Å². The van der Waals surface area contributed by atoms with Gasteiger partial charge in [0.1, 0.15) is 5.58 Å². The highest BCUT2D eigenvalue weighted by Crippen LogP contribution is 2.61. The molecule has 5 aliphatic rings. The number of hydrogen-bond donors (Lipinski definition) is 0. The van der Waals surface area contributed by atoms with E-state index in [1.807, 2.05) is 0 Å². The zero-order valence-corrected chi connectivity index (χ0v) is 44.2. The lowest BCUT2D eigenvalue weighted by Gasteiger charge is -2.45. The Morgan fingerprint density at radius 1 is 0.521 bits per heavy atom. The normalized spacial score (nSPS) is 18.1. The molecule has 1 fully saturated rings. The van der Waals surface area contributed by atoms with Gasteiger partial charge in [0.05, 0.1) is 17.1 Å². The molecular formula is C66H65BN2OS. The molecule has 9 aromatic rings. The molecule has 0 saturated heterocycles. The molecule has 354 valence electrons. The van der Waals surface area contributed by atoms with Crippen molar-refractivity contribution < 1.29 is 4.42 Å². The van der Waals surface area contributed by atoms with Crippen LogP contribution in [-0.4, -0.2) is 6.71 Å². The number of para-hydroxylation sites is 2. The molecule has 1 saturated carbocycles. The highest BCUT2D eigenvalue weighted by molar-refractivity contribution is 7.33. The van der Waals surface area contributed by atoms with Crippen molar-refractivity contribution in [3.63, 3.8) is 0 Å². The third-order valence-electron chi connectivity index (χ3n) is 18.2. The van der Waals surface area contributed by atoms with Gasteiger partial charge in [-0.2, -0.15) is 0 Å². The quantitative estimate of drug-likeness (QED) is 0.161. The van der Waals surface area contributed by atoms with E-state index < -0.39 is 0 Å². The second kappa shape index (κ2) is 14.6. The summed E-state index contributed by atoms with van der Waals surface area (Å²) in [5, 5.41) is 3.69. The average Bonchev–Trinajstić information content (AvgIpc) is 4.01. The highest BCUT2D eigenvalue weighted by atomic mass is 32.1. The summed E-state index contributed by atoms with van der Waals surface area (Å²) >= 11 is 2.06. The Morgan fingerprint density at radius 3 is 1.93 bits per heavy atom. The predicted molar refractivity (Wildman–Crippen MR) is 305 cm³/mol. The lowest BCUT2D eigenvalue weighted by atomic mass is 9.36. The van der Waals surface area contributed by atoms with E-state index in [0.717, 1.165) is 27.6 Å². The fourth-order valence-corrected chi connectivity index (χ4v) is 15.6. The minimum atomic E-state index is -0.150. The van der Waals surface area contributed by atoms with Crippen molar-refractivity contribution in [2.75, 3.05) is 9.80 Å². The van der Waals surface area contributed by atoms with E-state index in [2.05, 4.69) is 218 Å². The van der Waals surface area contributed by atoms with Gasteiger partial charge in [0.2, 0.25) is 0 Å². The van der Waals surface area contributed by atoms with Crippen molar-refractivity contribution in [1.82, 2.24) is 0 Å². The Bertz CT molecular complexity index is 3750. The second-order valence-electron chi connectivity index (χ2n) is 25.4. The lowest BCUT2D eigenvalue weighted by Crippen LogP contribution is -2.60. The van der Waals surface area contributed by atoms with Crippen LogP contribution in [0, 0.1) is 0 Å². The maximum Gasteiger partial charge on any atom is 0.264 e. The number of furan rings is 1. The molecule has 0 amide bonds. The number of thiophene rings is 1. The molecule has 3 aliphatic carbocycles. The maximum absolute atomic E-state index is 7.00. The minimum absolute atomic E-state index is 0.00729. The number of rotatable bonds is 2. The number of anilines is 6. The fraction of sp³-hybridized carbons (Fsp3) is 0.333. The zero-order valence-electron chi connectivity index (χ0n) is 43.4. The molecule has 1 spiro atoms. The van der Waals surface area contributed by atoms with Gasteiger partial charge in [-0.05, 0) is 146 Å². The van der Waals surface area contributed by atoms with E-state index in [9.17, 15) is 0 Å². The van der Waals surface area contributed by atoms with Crippen molar-refractivity contribution in [2.24, 2.45) is 0 Å². The molecule has 0 bridgehead atoms. The number of benzene rings is 7. The molecule has 2 aliphatic heterocycles. The van der Waals surface area contributed by atoms with Crippen LogP contribution in [0.15, 0.2) is 132 Å². The van der Waals surface area contributed by atoms with Gasteiger partial charge in [-0.1, -0.05) is 167 Å². The maximum atomic E-state index is 7.00. The van der Waals surface area contributed by atoms with Gasteiger partial charge in [0, 0.05) is 53.7 Å². The number of hydrogen-bond acceptors (Lipinski definition) is 4. The van der Waals surface area contributed by atoms with Gasteiger partial charge < -0.3 is 14.2 Å². The molecule has 0 radical (unpaired) electrons. The van der Waals surface area contributed by atoms with E-state index >= 15 is 0 Å². The lowest BCUT2D eigenvalue weighted by molar-refractivity contribution is 0.332. The first-order valence-electron chi connectivity index (χ1n) is 26.6. The van der Waals surface area contributed by atoms with Crippen molar-refractivity contribution in [3.8, 4) is 11.1 Å². The first-order valence-corrected chi connectivity index (χ1v) is 27.4. The van der Waals surface area contributed by atoms with Gasteiger partial charge in [-0.15, -0.1) is 11.3 Å². The van der Waals surface area contributed by atoms with E-state index in [0.29, 0.717) is 0 Å². The standard InChI is InChI=1S/C66H65BN2OS/c1-62(2,3)39-28-29-50-49(34-39)67-58-53(68(50)52-26-18-22-42-41-20-13-15-27-55(41)70-60(42)52)35-40(63(4,5)6)36-54(58)69(59-44-37-47-48(38-56(44)71-61(59)67)65(9,10)33-32-64(47,7)8)51-25-19-24-46-57(51)43-21-12-14-23-45(43)66(46)30-16-11-17-31-66/h12-15,18-29,34-38H,11,16-17,30-33H2,1-10H3. The monoisotopic (exact) mass is 944 g/mol. The van der Waals surface area contributed by atoms with Gasteiger partial charge in [-0.25, -0.2) is 0 Å². The number of fused-ring (bicyclic) bond motifs is 15. The third kappa shape index (κ3) is 6.02. The molecule has 5 heteroatoms. The summed E-state index contributed by atoms with van der Waals surface area (Å²) in [6.07, 6.45) is 8.63. The van der Waals surface area contributed by atoms with Crippen LogP contribution < -0.4 is 25.5 Å². The Morgan fingerprint density at radius 2 is 1.17 bits per heavy atom. The Labute approximate surface area is 425 Å². The summed E-state index contributed by atoms with van der Waals surface area (Å²) in [5.41, 5.74) is 23.7. The van der Waals surface area contributed by atoms with Crippen LogP contribution in [0.1, 0.15) is 148 Å². The van der Waals surface area contributed by atoms with E-state index in [4.69, 9.17) is 4.42 Å². The van der Waals surface area contributed by atoms with E-state index in [1.54, 1.807) is 0 Å². The summed E-state index contributed by atoms with van der Waals surface area (Å²) in [5.74, 6) is 0. The molecule has 71 heavy (non-hydrogen) atoms. The molecular weight excluding hydrogens is 880 g/mol. The molecule has 0 atom stereocenters. The molecule has 0 unspecified atom stereocenters. The summed E-state index contributed by atoms with van der Waals surface area (Å²) < 4.78 is 9.84. The summed E-state index contributed by atoms with van der Waals surface area (Å²) in [7, 11) is 0. The van der Waals surface area contributed by atoms with Crippen LogP contribution in [0.5, 0.6) is 0 Å². The van der Waals surface area contributed by atoms with Crippen molar-refractivity contribution in [2.45, 2.75) is 141 Å². The molecule has 2 aromatic heterocycles. The van der Waals surface area contributed by atoms with Crippen molar-refractivity contribution >= 4 is 99.9 Å². The largest absolute Gasteiger partial charge is 0.454 e. The van der Waals surface area contributed by atoms with Crippen LogP contribution >= 0.6 is 11.3 Å². The fourth-order valence-electron chi connectivity index (χ4n) is 14.2. The molecule has 7 aromatic carbocycles. The predicted octanol–water partition coefficient (Wildman–Crippen LogP) is 17.1. The molecule has 14 rings (SSSR count). The first kappa shape index (κ1) is 43.7. The van der Waals surface area contributed by atoms with Gasteiger partial charge in [0.15, 0.2) is 5.58 Å². The summed E-state index contributed by atoms with van der Waals surface area (Å²) in [6, 6.07) is 50.1. The van der Waals surface area contributed by atoms with Gasteiger partial charge in [0.25, 0.3) is 6.71 Å². The topological polar surface area (TPSA) is 19.6 Å². The van der Waals surface area contributed by atoms with Gasteiger partial charge >= 0.3 is 0 Å². The Kier molecular flexibility index (Phi) is 8.97. The van der Waals surface area contributed by atoms with Crippen LogP contribution in [0.2, 0.25) is 0 Å². The van der Waals surface area contributed by atoms with Crippen LogP contribution in [0.25, 0.3) is 43.2 Å². The Hall–Kier alpha value is -6.04. The number of nitrogens with zero attached hydrogens (tertiary/aromatic N) is 2. The smallest absolute Gasteiger partial charge is 0.264 e. The SMILES string of the molecule is CC(C)(C)c1ccc2c(c1)B1c3sc4cc5c(cc4c3N(c3cccc4c3-c3ccccc3C43CCCCC3)c3cc(C(C)(C)C)cc(c31)N2c1cccc2c1oc1ccccc12)C(C)(C)CCC5(C)C. The van der Waals surface area contributed by atoms with E-state index in [-0.39, 0.29) is 33.8 Å². The summed E-state index contributed by atoms with van der Waals surface area (Å²) in [4.78, 5) is 5.40. The van der Waals surface area contributed by atoms with Gasteiger partial charge in [-0.3, -0.25) is 0 Å². The van der Waals surface area contributed by atoms with Crippen molar-refractivity contribution in [3.05, 3.63) is 161 Å². The van der Waals surface area contributed by atoms with Crippen LogP contribution in [0.3, 0.4) is 0 Å².